The molecule has 0 bridgehead atoms. The molecule has 3 aliphatic rings. The van der Waals surface area contributed by atoms with Crippen LogP contribution in [0.4, 0.5) is 9.93 Å². The summed E-state index contributed by atoms with van der Waals surface area (Å²) in [5.74, 6) is 0.833. The highest BCUT2D eigenvalue weighted by Gasteiger charge is 2.48. The number of aliphatic carboxylic acids is 1. The number of hydrogen-bond donors (Lipinski definition) is 2. The van der Waals surface area contributed by atoms with Crippen molar-refractivity contribution in [1.29, 1.82) is 0 Å². The lowest BCUT2D eigenvalue weighted by molar-refractivity contribution is -0.138. The van der Waals surface area contributed by atoms with Crippen LogP contribution in [-0.4, -0.2) is 57.0 Å². The first kappa shape index (κ1) is 25.8. The smallest absolute Gasteiger partial charge is 0.324 e. The maximum atomic E-state index is 13.8. The number of ether oxygens (including phenoxy) is 1. The van der Waals surface area contributed by atoms with Crippen molar-refractivity contribution in [3.8, 4) is 0 Å². The molecule has 4 rings (SSSR count). The standard InChI is InChI=1S/C25H39N3O4S2/c1-24(2,21(29)30)34-20-15-26-22(33-20)27-23(31)28(19-7-5-4-6-8-19)25(16-32-3)13-11-18(12-14-25)17-9-10-17/h15,17-19H,4-14,16H2,1-3H3,(H,29,30)(H,26,27,31). The number of thioether (sulfide) groups is 1. The molecule has 1 aromatic rings. The van der Waals surface area contributed by atoms with Gasteiger partial charge in [-0.2, -0.15) is 0 Å². The van der Waals surface area contributed by atoms with Gasteiger partial charge in [-0.05, 0) is 77.0 Å². The summed E-state index contributed by atoms with van der Waals surface area (Å²) in [7, 11) is 1.75. The quantitative estimate of drug-likeness (QED) is 0.382. The molecule has 0 aromatic carbocycles. The average molecular weight is 510 g/mol. The summed E-state index contributed by atoms with van der Waals surface area (Å²) in [4.78, 5) is 31.9. The van der Waals surface area contributed by atoms with Crippen molar-refractivity contribution >= 4 is 40.2 Å². The lowest BCUT2D eigenvalue weighted by Gasteiger charge is -2.51. The van der Waals surface area contributed by atoms with Crippen LogP contribution in [0.2, 0.25) is 0 Å². The molecule has 190 valence electrons. The van der Waals surface area contributed by atoms with Gasteiger partial charge < -0.3 is 14.7 Å². The Morgan fingerprint density at radius 1 is 1.18 bits per heavy atom. The molecule has 2 amide bonds. The van der Waals surface area contributed by atoms with Crippen LogP contribution in [-0.2, 0) is 9.53 Å². The summed E-state index contributed by atoms with van der Waals surface area (Å²) < 4.78 is 5.58. The van der Waals surface area contributed by atoms with Crippen LogP contribution in [0, 0.1) is 11.8 Å². The SMILES string of the molecule is COCC1(N(C(=O)Nc2ncc(SC(C)(C)C(=O)O)s2)C2CCCCC2)CCC(C2CC2)CC1. The molecule has 3 aliphatic carbocycles. The largest absolute Gasteiger partial charge is 0.480 e. The normalized spacial score (nSPS) is 26.3. The second-order valence-corrected chi connectivity index (χ2v) is 13.8. The number of amides is 2. The Morgan fingerprint density at radius 2 is 1.82 bits per heavy atom. The van der Waals surface area contributed by atoms with Crippen molar-refractivity contribution in [2.75, 3.05) is 19.0 Å². The van der Waals surface area contributed by atoms with E-state index in [1.54, 1.807) is 27.2 Å². The fraction of sp³-hybridized carbons (Fsp3) is 0.800. The van der Waals surface area contributed by atoms with Crippen molar-refractivity contribution < 1.29 is 19.4 Å². The van der Waals surface area contributed by atoms with Crippen LogP contribution in [0.1, 0.15) is 84.5 Å². The molecule has 1 aromatic heterocycles. The van der Waals surface area contributed by atoms with Gasteiger partial charge in [-0.15, -0.1) is 0 Å². The predicted molar refractivity (Wildman–Crippen MR) is 137 cm³/mol. The van der Waals surface area contributed by atoms with Gasteiger partial charge in [0.15, 0.2) is 5.13 Å². The van der Waals surface area contributed by atoms with E-state index in [-0.39, 0.29) is 17.6 Å². The van der Waals surface area contributed by atoms with Crippen molar-refractivity contribution in [2.24, 2.45) is 11.8 Å². The third-order valence-corrected chi connectivity index (χ3v) is 10.1. The van der Waals surface area contributed by atoms with Crippen molar-refractivity contribution in [1.82, 2.24) is 9.88 Å². The van der Waals surface area contributed by atoms with Gasteiger partial charge in [-0.3, -0.25) is 10.1 Å². The number of anilines is 1. The number of rotatable bonds is 9. The summed E-state index contributed by atoms with van der Waals surface area (Å²) in [6, 6.07) is 0.137. The Bertz CT molecular complexity index is 856. The first-order chi connectivity index (χ1) is 16.2. The van der Waals surface area contributed by atoms with Gasteiger partial charge in [0.25, 0.3) is 0 Å². The van der Waals surface area contributed by atoms with E-state index >= 15 is 0 Å². The summed E-state index contributed by atoms with van der Waals surface area (Å²) in [6.07, 6.45) is 14.4. The third-order valence-electron chi connectivity index (χ3n) is 7.90. The van der Waals surface area contributed by atoms with Crippen LogP contribution >= 0.6 is 23.1 Å². The van der Waals surface area contributed by atoms with Gasteiger partial charge in [0.05, 0.1) is 22.6 Å². The summed E-state index contributed by atoms with van der Waals surface area (Å²) in [6.45, 7) is 3.92. The van der Waals surface area contributed by atoms with Gasteiger partial charge in [0, 0.05) is 13.2 Å². The van der Waals surface area contributed by atoms with Gasteiger partial charge in [-0.25, -0.2) is 9.78 Å². The topological polar surface area (TPSA) is 91.8 Å². The molecule has 9 heteroatoms. The number of aromatic nitrogens is 1. The molecule has 0 atom stereocenters. The van der Waals surface area contributed by atoms with Crippen molar-refractivity contribution in [3.63, 3.8) is 0 Å². The fourth-order valence-electron chi connectivity index (χ4n) is 5.86. The van der Waals surface area contributed by atoms with Gasteiger partial charge >= 0.3 is 12.0 Å². The number of carbonyl (C=O) groups is 2. The molecule has 0 aliphatic heterocycles. The van der Waals surface area contributed by atoms with E-state index in [1.165, 1.54) is 55.2 Å². The van der Waals surface area contributed by atoms with Crippen LogP contribution in [0.3, 0.4) is 0 Å². The minimum atomic E-state index is -0.954. The summed E-state index contributed by atoms with van der Waals surface area (Å²) in [5.41, 5.74) is -0.271. The molecule has 0 spiro atoms. The Morgan fingerprint density at radius 3 is 2.41 bits per heavy atom. The molecule has 3 fully saturated rings. The van der Waals surface area contributed by atoms with Crippen LogP contribution in [0.25, 0.3) is 0 Å². The highest BCUT2D eigenvalue weighted by Crippen LogP contribution is 2.49. The van der Waals surface area contributed by atoms with E-state index in [4.69, 9.17) is 4.74 Å². The summed E-state index contributed by atoms with van der Waals surface area (Å²) >= 11 is 2.59. The predicted octanol–water partition coefficient (Wildman–Crippen LogP) is 6.25. The zero-order valence-electron chi connectivity index (χ0n) is 20.7. The molecule has 0 saturated heterocycles. The second kappa shape index (κ2) is 10.7. The zero-order chi connectivity index (χ0) is 24.3. The lowest BCUT2D eigenvalue weighted by Crippen LogP contribution is -2.61. The van der Waals surface area contributed by atoms with Gasteiger partial charge in [0.1, 0.15) is 4.75 Å². The van der Waals surface area contributed by atoms with E-state index in [9.17, 15) is 14.7 Å². The number of hydrogen-bond acceptors (Lipinski definition) is 6. The number of urea groups is 1. The molecular formula is C25H39N3O4S2. The number of carboxylic acid groups (broad SMARTS) is 1. The molecule has 2 N–H and O–H groups in total. The third kappa shape index (κ3) is 5.90. The van der Waals surface area contributed by atoms with Crippen LogP contribution in [0.5, 0.6) is 0 Å². The number of carboxylic acids is 1. The van der Waals surface area contributed by atoms with Crippen LogP contribution < -0.4 is 5.32 Å². The number of nitrogens with zero attached hydrogens (tertiary/aromatic N) is 2. The molecule has 1 heterocycles. The second-order valence-electron chi connectivity index (χ2n) is 10.8. The fourth-order valence-corrected chi connectivity index (χ4v) is 8.12. The van der Waals surface area contributed by atoms with E-state index in [0.29, 0.717) is 11.7 Å². The highest BCUT2D eigenvalue weighted by molar-refractivity contribution is 8.03. The Hall–Kier alpha value is -1.32. The Kier molecular flexibility index (Phi) is 8.14. The number of carbonyl (C=O) groups excluding carboxylic acids is 1. The molecule has 0 unspecified atom stereocenters. The molecule has 0 radical (unpaired) electrons. The maximum Gasteiger partial charge on any atom is 0.324 e. The monoisotopic (exact) mass is 509 g/mol. The lowest BCUT2D eigenvalue weighted by atomic mass is 9.73. The van der Waals surface area contributed by atoms with Crippen molar-refractivity contribution in [3.05, 3.63) is 6.20 Å². The van der Waals surface area contributed by atoms with E-state index in [0.717, 1.165) is 54.6 Å². The maximum absolute atomic E-state index is 13.8. The number of thiazole rings is 1. The van der Waals surface area contributed by atoms with Gasteiger partial charge in [-0.1, -0.05) is 42.4 Å². The van der Waals surface area contributed by atoms with Crippen LogP contribution in [0.15, 0.2) is 10.4 Å². The average Bonchev–Trinajstić information content (AvgIpc) is 3.56. The first-order valence-electron chi connectivity index (χ1n) is 12.7. The van der Waals surface area contributed by atoms with E-state index in [2.05, 4.69) is 15.2 Å². The molecular weight excluding hydrogens is 470 g/mol. The van der Waals surface area contributed by atoms with E-state index < -0.39 is 10.7 Å². The van der Waals surface area contributed by atoms with Gasteiger partial charge in [0.2, 0.25) is 0 Å². The van der Waals surface area contributed by atoms with E-state index in [1.807, 2.05) is 0 Å². The molecule has 34 heavy (non-hydrogen) atoms. The molecule has 7 nitrogen and oxygen atoms in total. The minimum Gasteiger partial charge on any atom is -0.480 e. The Labute approximate surface area is 211 Å². The zero-order valence-corrected chi connectivity index (χ0v) is 22.3. The Balaban J connectivity index is 1.52. The number of nitrogens with one attached hydrogen (secondary N) is 1. The first-order valence-corrected chi connectivity index (χ1v) is 14.3. The molecule has 3 saturated carbocycles. The highest BCUT2D eigenvalue weighted by atomic mass is 32.2. The number of methoxy groups -OCH3 is 1. The summed E-state index contributed by atoms with van der Waals surface area (Å²) in [5, 5.41) is 13.0. The van der Waals surface area contributed by atoms with Crippen molar-refractivity contribution in [2.45, 2.75) is 105 Å². The minimum absolute atomic E-state index is 0.0859.